The molecule has 0 radical (unpaired) electrons. The van der Waals surface area contributed by atoms with E-state index in [1.54, 1.807) is 0 Å². The first-order valence-electron chi connectivity index (χ1n) is 4.55. The Morgan fingerprint density at radius 1 is 1.17 bits per heavy atom. The first-order valence-corrected chi connectivity index (χ1v) is 5.62. The summed E-state index contributed by atoms with van der Waals surface area (Å²) in [5.74, 6) is 1.14. The van der Waals surface area contributed by atoms with Crippen molar-refractivity contribution in [3.05, 3.63) is 0 Å². The van der Waals surface area contributed by atoms with Crippen molar-refractivity contribution in [1.82, 2.24) is 5.32 Å². The van der Waals surface area contributed by atoms with Gasteiger partial charge in [-0.05, 0) is 19.9 Å². The van der Waals surface area contributed by atoms with Crippen molar-refractivity contribution >= 4 is 23.2 Å². The van der Waals surface area contributed by atoms with Crippen LogP contribution >= 0.6 is 23.2 Å². The molecule has 0 atom stereocenters. The smallest absolute Gasteiger partial charge is 0.0425 e. The van der Waals surface area contributed by atoms with Gasteiger partial charge in [0.25, 0.3) is 0 Å². The van der Waals surface area contributed by atoms with Crippen molar-refractivity contribution in [2.24, 2.45) is 0 Å². The van der Waals surface area contributed by atoms with Crippen LogP contribution in [0.5, 0.6) is 0 Å². The van der Waals surface area contributed by atoms with Crippen LogP contribution in [0, 0.1) is 0 Å². The van der Waals surface area contributed by atoms with Crippen LogP contribution in [0.3, 0.4) is 0 Å². The normalized spacial score (nSPS) is 12.0. The summed E-state index contributed by atoms with van der Waals surface area (Å²) >= 11 is 11.5. The molecule has 0 aromatic heterocycles. The van der Waals surface area contributed by atoms with Crippen molar-refractivity contribution in [2.45, 2.75) is 38.6 Å². The summed E-state index contributed by atoms with van der Waals surface area (Å²) in [7, 11) is 0. The predicted octanol–water partition coefficient (Wildman–Crippen LogP) is 3.00. The molecule has 12 heavy (non-hydrogen) atoms. The van der Waals surface area contributed by atoms with Gasteiger partial charge >= 0.3 is 0 Å². The van der Waals surface area contributed by atoms with Crippen molar-refractivity contribution in [3.63, 3.8) is 0 Å². The Kier molecular flexibility index (Phi) is 7.31. The molecule has 0 aliphatic rings. The van der Waals surface area contributed by atoms with Gasteiger partial charge in [0.2, 0.25) is 0 Å². The number of halogens is 2. The highest BCUT2D eigenvalue weighted by molar-refractivity contribution is 6.22. The highest BCUT2D eigenvalue weighted by Crippen LogP contribution is 2.08. The highest BCUT2D eigenvalue weighted by Gasteiger charge is 2.19. The lowest BCUT2D eigenvalue weighted by Crippen LogP contribution is -2.46. The number of rotatable bonds is 7. The van der Waals surface area contributed by atoms with Crippen LogP contribution in [0.25, 0.3) is 0 Å². The molecule has 0 saturated carbocycles. The summed E-state index contributed by atoms with van der Waals surface area (Å²) in [6, 6.07) is 0. The summed E-state index contributed by atoms with van der Waals surface area (Å²) < 4.78 is 0. The number of unbranched alkanes of at least 4 members (excludes halogenated alkanes) is 2. The maximum Gasteiger partial charge on any atom is 0.0425 e. The van der Waals surface area contributed by atoms with Gasteiger partial charge in [-0.2, -0.15) is 0 Å². The van der Waals surface area contributed by atoms with Gasteiger partial charge in [-0.25, -0.2) is 0 Å². The lowest BCUT2D eigenvalue weighted by Gasteiger charge is -2.25. The minimum absolute atomic E-state index is 0.0865. The fourth-order valence-electron chi connectivity index (χ4n) is 0.895. The largest absolute Gasteiger partial charge is 0.309 e. The van der Waals surface area contributed by atoms with Gasteiger partial charge in [0.15, 0.2) is 0 Å². The van der Waals surface area contributed by atoms with E-state index < -0.39 is 0 Å². The van der Waals surface area contributed by atoms with E-state index in [0.29, 0.717) is 11.8 Å². The molecule has 0 spiro atoms. The molecule has 0 aliphatic carbocycles. The van der Waals surface area contributed by atoms with E-state index >= 15 is 0 Å². The third-order valence-corrected chi connectivity index (χ3v) is 3.10. The molecule has 0 fully saturated rings. The Bertz CT molecular complexity index is 103. The third kappa shape index (κ3) is 5.23. The molecule has 0 unspecified atom stereocenters. The zero-order valence-electron chi connectivity index (χ0n) is 8.00. The zero-order valence-corrected chi connectivity index (χ0v) is 9.51. The monoisotopic (exact) mass is 211 g/mol. The van der Waals surface area contributed by atoms with Crippen molar-refractivity contribution in [2.75, 3.05) is 18.3 Å². The standard InChI is InChI=1S/C9H19Cl2N/c1-3-4-5-6-12-9(2,7-10)8-11/h12H,3-8H2,1-2H3. The summed E-state index contributed by atoms with van der Waals surface area (Å²) in [4.78, 5) is 0. The van der Waals surface area contributed by atoms with Crippen LogP contribution in [0.1, 0.15) is 33.1 Å². The number of alkyl halides is 2. The van der Waals surface area contributed by atoms with E-state index in [0.717, 1.165) is 6.54 Å². The molecular weight excluding hydrogens is 193 g/mol. The van der Waals surface area contributed by atoms with E-state index in [4.69, 9.17) is 23.2 Å². The second-order valence-electron chi connectivity index (χ2n) is 3.46. The summed E-state index contributed by atoms with van der Waals surface area (Å²) in [6.45, 7) is 5.27. The number of hydrogen-bond donors (Lipinski definition) is 1. The first-order chi connectivity index (χ1) is 5.68. The first kappa shape index (κ1) is 12.5. The van der Waals surface area contributed by atoms with Gasteiger partial charge in [-0.15, -0.1) is 23.2 Å². The Morgan fingerprint density at radius 2 is 1.75 bits per heavy atom. The molecule has 0 bridgehead atoms. The van der Waals surface area contributed by atoms with E-state index in [1.807, 2.05) is 0 Å². The van der Waals surface area contributed by atoms with Crippen LogP contribution in [0.4, 0.5) is 0 Å². The summed E-state index contributed by atoms with van der Waals surface area (Å²) in [5.41, 5.74) is -0.0865. The molecule has 0 aromatic carbocycles. The quantitative estimate of drug-likeness (QED) is 0.505. The topological polar surface area (TPSA) is 12.0 Å². The zero-order chi connectivity index (χ0) is 9.45. The molecule has 1 N–H and O–H groups in total. The molecule has 3 heteroatoms. The Hall–Kier alpha value is 0.540. The molecule has 0 saturated heterocycles. The molecule has 1 nitrogen and oxygen atoms in total. The Balaban J connectivity index is 3.45. The Labute approximate surface area is 85.8 Å². The lowest BCUT2D eigenvalue weighted by molar-refractivity contribution is 0.428. The predicted molar refractivity (Wildman–Crippen MR) is 57.4 cm³/mol. The van der Waals surface area contributed by atoms with Gasteiger partial charge in [0, 0.05) is 17.3 Å². The average Bonchev–Trinajstić information content (AvgIpc) is 2.12. The fourth-order valence-corrected chi connectivity index (χ4v) is 1.37. The molecule has 74 valence electrons. The van der Waals surface area contributed by atoms with Crippen LogP contribution in [-0.4, -0.2) is 23.8 Å². The minimum atomic E-state index is -0.0865. The molecular formula is C9H19Cl2N. The maximum absolute atomic E-state index is 5.77. The fraction of sp³-hybridized carbons (Fsp3) is 1.00. The van der Waals surface area contributed by atoms with E-state index in [-0.39, 0.29) is 5.54 Å². The molecule has 0 rings (SSSR count). The van der Waals surface area contributed by atoms with Gasteiger partial charge in [0.1, 0.15) is 0 Å². The number of hydrogen-bond acceptors (Lipinski definition) is 1. The molecule has 0 aromatic rings. The van der Waals surface area contributed by atoms with E-state index in [1.165, 1.54) is 19.3 Å². The SMILES string of the molecule is CCCCCNC(C)(CCl)CCl. The van der Waals surface area contributed by atoms with Crippen molar-refractivity contribution in [3.8, 4) is 0 Å². The van der Waals surface area contributed by atoms with E-state index in [9.17, 15) is 0 Å². The van der Waals surface area contributed by atoms with Crippen molar-refractivity contribution < 1.29 is 0 Å². The average molecular weight is 212 g/mol. The van der Waals surface area contributed by atoms with Gasteiger partial charge < -0.3 is 5.32 Å². The third-order valence-electron chi connectivity index (χ3n) is 1.92. The minimum Gasteiger partial charge on any atom is -0.309 e. The van der Waals surface area contributed by atoms with Gasteiger partial charge in [0.05, 0.1) is 0 Å². The maximum atomic E-state index is 5.77. The molecule has 0 heterocycles. The van der Waals surface area contributed by atoms with Crippen LogP contribution in [0.15, 0.2) is 0 Å². The van der Waals surface area contributed by atoms with Gasteiger partial charge in [-0.1, -0.05) is 19.8 Å². The van der Waals surface area contributed by atoms with E-state index in [2.05, 4.69) is 19.2 Å². The Morgan fingerprint density at radius 3 is 2.17 bits per heavy atom. The lowest BCUT2D eigenvalue weighted by atomic mass is 10.1. The van der Waals surface area contributed by atoms with Crippen LogP contribution in [0.2, 0.25) is 0 Å². The summed E-state index contributed by atoms with van der Waals surface area (Å²) in [5, 5.41) is 3.37. The summed E-state index contributed by atoms with van der Waals surface area (Å²) in [6.07, 6.45) is 3.73. The highest BCUT2D eigenvalue weighted by atomic mass is 35.5. The van der Waals surface area contributed by atoms with Crippen molar-refractivity contribution in [1.29, 1.82) is 0 Å². The van der Waals surface area contributed by atoms with Crippen LogP contribution < -0.4 is 5.32 Å². The molecule has 0 aliphatic heterocycles. The van der Waals surface area contributed by atoms with Gasteiger partial charge in [-0.3, -0.25) is 0 Å². The van der Waals surface area contributed by atoms with Crippen LogP contribution in [-0.2, 0) is 0 Å². The second-order valence-corrected chi connectivity index (χ2v) is 4.00. The molecule has 0 amide bonds. The number of nitrogens with one attached hydrogen (secondary N) is 1. The second kappa shape index (κ2) is 6.99.